The van der Waals surface area contributed by atoms with Gasteiger partial charge in [-0.3, -0.25) is 0 Å². The van der Waals surface area contributed by atoms with Crippen molar-refractivity contribution in [2.45, 2.75) is 40.0 Å². The lowest BCUT2D eigenvalue weighted by Crippen LogP contribution is -2.23. The summed E-state index contributed by atoms with van der Waals surface area (Å²) in [5.41, 5.74) is 0.429. The van der Waals surface area contributed by atoms with Gasteiger partial charge in [-0.2, -0.15) is 0 Å². The van der Waals surface area contributed by atoms with Crippen molar-refractivity contribution in [1.29, 1.82) is 0 Å². The molecule has 0 amide bonds. The smallest absolute Gasteiger partial charge is 0.0918 e. The van der Waals surface area contributed by atoms with Crippen molar-refractivity contribution in [2.75, 3.05) is 7.11 Å². The van der Waals surface area contributed by atoms with Crippen LogP contribution in [0.4, 0.5) is 0 Å². The van der Waals surface area contributed by atoms with Gasteiger partial charge >= 0.3 is 0 Å². The first-order valence-electron chi connectivity index (χ1n) is 4.77. The summed E-state index contributed by atoms with van der Waals surface area (Å²) in [6.07, 6.45) is 5.85. The Hall–Kier alpha value is -0.460. The molecule has 0 fully saturated rings. The third-order valence-corrected chi connectivity index (χ3v) is 2.82. The maximum Gasteiger partial charge on any atom is 0.0918 e. The molecule has 1 aliphatic carbocycles. The Labute approximate surface area is 75.8 Å². The minimum absolute atomic E-state index is 0.429. The van der Waals surface area contributed by atoms with Gasteiger partial charge in [0.15, 0.2) is 0 Å². The summed E-state index contributed by atoms with van der Waals surface area (Å²) in [6.45, 7) is 6.95. The average molecular weight is 168 g/mol. The highest BCUT2D eigenvalue weighted by Crippen LogP contribution is 2.37. The Kier molecular flexibility index (Phi) is 2.81. The van der Waals surface area contributed by atoms with Crippen LogP contribution in [0.3, 0.4) is 0 Å². The molecule has 1 rings (SSSR count). The topological polar surface area (TPSA) is 9.23 Å². The van der Waals surface area contributed by atoms with E-state index in [4.69, 9.17) is 4.74 Å². The lowest BCUT2D eigenvalue weighted by Gasteiger charge is -2.33. The summed E-state index contributed by atoms with van der Waals surface area (Å²) in [4.78, 5) is 0. The van der Waals surface area contributed by atoms with Gasteiger partial charge in [0.2, 0.25) is 0 Å². The molecule has 1 aliphatic rings. The van der Waals surface area contributed by atoms with E-state index < -0.39 is 0 Å². The number of hydrogen-bond acceptors (Lipinski definition) is 1. The fourth-order valence-electron chi connectivity index (χ4n) is 1.78. The highest BCUT2D eigenvalue weighted by molar-refractivity contribution is 5.01. The maximum absolute atomic E-state index is 5.28. The molecule has 0 aromatic rings. The second-order valence-corrected chi connectivity index (χ2v) is 4.72. The van der Waals surface area contributed by atoms with E-state index in [0.717, 1.165) is 12.3 Å². The highest BCUT2D eigenvalue weighted by Gasteiger charge is 2.27. The van der Waals surface area contributed by atoms with Crippen molar-refractivity contribution in [1.82, 2.24) is 0 Å². The fraction of sp³-hybridized carbons (Fsp3) is 0.818. The first-order valence-corrected chi connectivity index (χ1v) is 4.77. The van der Waals surface area contributed by atoms with Gasteiger partial charge < -0.3 is 4.74 Å². The molecule has 0 saturated carbocycles. The van der Waals surface area contributed by atoms with Crippen molar-refractivity contribution >= 4 is 0 Å². The lowest BCUT2D eigenvalue weighted by atomic mass is 9.74. The molecular weight excluding hydrogens is 148 g/mol. The quantitative estimate of drug-likeness (QED) is 0.583. The molecule has 0 saturated heterocycles. The molecular formula is C11H20O. The average Bonchev–Trinajstić information content (AvgIpc) is 2.03. The normalized spacial score (nSPS) is 25.0. The third-order valence-electron chi connectivity index (χ3n) is 2.82. The summed E-state index contributed by atoms with van der Waals surface area (Å²) in [5.74, 6) is 1.97. The molecule has 12 heavy (non-hydrogen) atoms. The molecule has 1 nitrogen and oxygen atoms in total. The van der Waals surface area contributed by atoms with Crippen molar-refractivity contribution in [3.63, 3.8) is 0 Å². The SMILES string of the molecule is COC1=CCC[C@@H](C(C)(C)C)C1. The number of allylic oxidation sites excluding steroid dienone is 2. The van der Waals surface area contributed by atoms with Gasteiger partial charge in [0, 0.05) is 6.42 Å². The summed E-state index contributed by atoms with van der Waals surface area (Å²) in [5, 5.41) is 0. The summed E-state index contributed by atoms with van der Waals surface area (Å²) >= 11 is 0. The molecule has 0 aliphatic heterocycles. The van der Waals surface area contributed by atoms with Crippen LogP contribution in [0.2, 0.25) is 0 Å². The van der Waals surface area contributed by atoms with Crippen LogP contribution in [0, 0.1) is 11.3 Å². The summed E-state index contributed by atoms with van der Waals surface area (Å²) in [7, 11) is 1.77. The molecule has 70 valence electrons. The molecule has 0 heterocycles. The Bertz CT molecular complexity index is 174. The number of rotatable bonds is 1. The molecule has 0 unspecified atom stereocenters. The second-order valence-electron chi connectivity index (χ2n) is 4.72. The van der Waals surface area contributed by atoms with E-state index in [2.05, 4.69) is 26.8 Å². The Balaban J connectivity index is 2.57. The number of ether oxygens (including phenoxy) is 1. The molecule has 0 N–H and O–H groups in total. The minimum atomic E-state index is 0.429. The van der Waals surface area contributed by atoms with Gasteiger partial charge in [0.05, 0.1) is 12.9 Å². The van der Waals surface area contributed by atoms with Gasteiger partial charge in [-0.25, -0.2) is 0 Å². The van der Waals surface area contributed by atoms with Crippen LogP contribution in [-0.4, -0.2) is 7.11 Å². The largest absolute Gasteiger partial charge is 0.501 e. The third kappa shape index (κ3) is 2.26. The molecule has 0 bridgehead atoms. The van der Waals surface area contributed by atoms with Crippen molar-refractivity contribution in [3.8, 4) is 0 Å². The molecule has 1 heteroatoms. The molecule has 0 aromatic carbocycles. The first kappa shape index (κ1) is 9.63. The van der Waals surface area contributed by atoms with E-state index >= 15 is 0 Å². The Morgan fingerprint density at radius 2 is 2.08 bits per heavy atom. The number of hydrogen-bond donors (Lipinski definition) is 0. The summed E-state index contributed by atoms with van der Waals surface area (Å²) in [6, 6.07) is 0. The Morgan fingerprint density at radius 3 is 2.58 bits per heavy atom. The van der Waals surface area contributed by atoms with Crippen LogP contribution in [0.5, 0.6) is 0 Å². The first-order chi connectivity index (χ1) is 5.54. The van der Waals surface area contributed by atoms with E-state index in [1.165, 1.54) is 18.6 Å². The molecule has 0 spiro atoms. The van der Waals surface area contributed by atoms with E-state index in [-0.39, 0.29) is 0 Å². The van der Waals surface area contributed by atoms with E-state index in [1.54, 1.807) is 7.11 Å². The predicted molar refractivity (Wildman–Crippen MR) is 51.9 cm³/mol. The molecule has 0 aromatic heterocycles. The minimum Gasteiger partial charge on any atom is -0.501 e. The standard InChI is InChI=1S/C11H20O/c1-11(2,3)9-6-5-7-10(8-9)12-4/h7,9H,5-6,8H2,1-4H3/t9-/m1/s1. The summed E-state index contributed by atoms with van der Waals surface area (Å²) < 4.78 is 5.28. The van der Waals surface area contributed by atoms with Crippen LogP contribution in [0.1, 0.15) is 40.0 Å². The molecule has 0 radical (unpaired) electrons. The second kappa shape index (κ2) is 3.51. The zero-order valence-electron chi connectivity index (χ0n) is 8.68. The Morgan fingerprint density at radius 1 is 1.42 bits per heavy atom. The monoisotopic (exact) mass is 168 g/mol. The zero-order valence-corrected chi connectivity index (χ0v) is 8.68. The van der Waals surface area contributed by atoms with Crippen molar-refractivity contribution in [2.24, 2.45) is 11.3 Å². The van der Waals surface area contributed by atoms with Gasteiger partial charge in [0.1, 0.15) is 0 Å². The van der Waals surface area contributed by atoms with Crippen LogP contribution in [0.15, 0.2) is 11.8 Å². The predicted octanol–water partition coefficient (Wildman–Crippen LogP) is 3.36. The van der Waals surface area contributed by atoms with Crippen molar-refractivity contribution in [3.05, 3.63) is 11.8 Å². The lowest BCUT2D eigenvalue weighted by molar-refractivity contribution is 0.169. The van der Waals surface area contributed by atoms with Gasteiger partial charge in [-0.1, -0.05) is 20.8 Å². The maximum atomic E-state index is 5.28. The van der Waals surface area contributed by atoms with Crippen LogP contribution < -0.4 is 0 Å². The van der Waals surface area contributed by atoms with Crippen LogP contribution >= 0.6 is 0 Å². The van der Waals surface area contributed by atoms with E-state index in [0.29, 0.717) is 5.41 Å². The molecule has 1 atom stereocenters. The highest BCUT2D eigenvalue weighted by atomic mass is 16.5. The van der Waals surface area contributed by atoms with Crippen molar-refractivity contribution < 1.29 is 4.74 Å². The van der Waals surface area contributed by atoms with Crippen LogP contribution in [0.25, 0.3) is 0 Å². The van der Waals surface area contributed by atoms with E-state index in [9.17, 15) is 0 Å². The van der Waals surface area contributed by atoms with E-state index in [1.807, 2.05) is 0 Å². The van der Waals surface area contributed by atoms with Gasteiger partial charge in [-0.15, -0.1) is 0 Å². The number of methoxy groups -OCH3 is 1. The van der Waals surface area contributed by atoms with Gasteiger partial charge in [-0.05, 0) is 30.3 Å². The van der Waals surface area contributed by atoms with Gasteiger partial charge in [0.25, 0.3) is 0 Å². The van der Waals surface area contributed by atoms with Crippen LogP contribution in [-0.2, 0) is 4.74 Å². The zero-order chi connectivity index (χ0) is 9.19. The fourth-order valence-corrected chi connectivity index (χ4v) is 1.78.